The highest BCUT2D eigenvalue weighted by molar-refractivity contribution is 6.33. The van der Waals surface area contributed by atoms with Gasteiger partial charge in [-0.05, 0) is 42.3 Å². The summed E-state index contributed by atoms with van der Waals surface area (Å²) in [5, 5.41) is 3.29. The molecule has 3 nitrogen and oxygen atoms in total. The van der Waals surface area contributed by atoms with Crippen molar-refractivity contribution in [3.05, 3.63) is 63.9 Å². The van der Waals surface area contributed by atoms with E-state index in [2.05, 4.69) is 5.32 Å². The first-order valence-electron chi connectivity index (χ1n) is 6.06. The molecule has 0 fully saturated rings. The molecule has 0 aliphatic rings. The van der Waals surface area contributed by atoms with Crippen molar-refractivity contribution >= 4 is 23.2 Å². The van der Waals surface area contributed by atoms with Crippen molar-refractivity contribution in [2.24, 2.45) is 5.73 Å². The van der Waals surface area contributed by atoms with E-state index < -0.39 is 11.7 Å². The molecule has 5 heteroatoms. The van der Waals surface area contributed by atoms with Crippen LogP contribution in [0.5, 0.6) is 0 Å². The minimum absolute atomic E-state index is 0.271. The fourth-order valence-electron chi connectivity index (χ4n) is 1.90. The van der Waals surface area contributed by atoms with E-state index >= 15 is 0 Å². The topological polar surface area (TPSA) is 55.1 Å². The van der Waals surface area contributed by atoms with Crippen LogP contribution in [0.4, 0.5) is 10.1 Å². The molecule has 104 valence electrons. The summed E-state index contributed by atoms with van der Waals surface area (Å²) in [4.78, 5) is 11.1. The van der Waals surface area contributed by atoms with Crippen molar-refractivity contribution in [3.8, 4) is 0 Å². The molecule has 0 radical (unpaired) electrons. The van der Waals surface area contributed by atoms with Crippen LogP contribution in [-0.2, 0) is 6.54 Å². The van der Waals surface area contributed by atoms with Gasteiger partial charge in [0.05, 0.1) is 10.7 Å². The number of aryl methyl sites for hydroxylation is 1. The molecule has 0 saturated carbocycles. The number of amides is 1. The predicted octanol–water partition coefficient (Wildman–Crippen LogP) is 3.50. The molecule has 0 unspecified atom stereocenters. The molecule has 0 saturated heterocycles. The maximum Gasteiger partial charge on any atom is 0.248 e. The summed E-state index contributed by atoms with van der Waals surface area (Å²) in [7, 11) is 0. The lowest BCUT2D eigenvalue weighted by molar-refractivity contribution is 0.1000. The number of rotatable bonds is 4. The highest BCUT2D eigenvalue weighted by Gasteiger charge is 2.08. The third-order valence-electron chi connectivity index (χ3n) is 3.05. The van der Waals surface area contributed by atoms with E-state index in [1.807, 2.05) is 6.92 Å². The Morgan fingerprint density at radius 2 is 2.10 bits per heavy atom. The summed E-state index contributed by atoms with van der Waals surface area (Å²) in [5.41, 5.74) is 7.78. The summed E-state index contributed by atoms with van der Waals surface area (Å²) >= 11 is 5.94. The maximum atomic E-state index is 13.6. The lowest BCUT2D eigenvalue weighted by Gasteiger charge is -2.12. The van der Waals surface area contributed by atoms with E-state index in [4.69, 9.17) is 17.3 Å². The van der Waals surface area contributed by atoms with Crippen LogP contribution >= 0.6 is 11.6 Å². The SMILES string of the molecule is Cc1cc(C(N)=O)ccc1CNc1c(F)cccc1Cl. The smallest absolute Gasteiger partial charge is 0.248 e. The van der Waals surface area contributed by atoms with Crippen molar-refractivity contribution in [1.29, 1.82) is 0 Å². The van der Waals surface area contributed by atoms with Crippen LogP contribution in [-0.4, -0.2) is 5.91 Å². The molecule has 0 atom stereocenters. The molecule has 3 N–H and O–H groups in total. The van der Waals surface area contributed by atoms with Crippen LogP contribution in [0.1, 0.15) is 21.5 Å². The largest absolute Gasteiger partial charge is 0.377 e. The van der Waals surface area contributed by atoms with Gasteiger partial charge < -0.3 is 11.1 Å². The summed E-state index contributed by atoms with van der Waals surface area (Å²) in [5.74, 6) is -0.867. The van der Waals surface area contributed by atoms with Gasteiger partial charge in [-0.2, -0.15) is 0 Å². The fraction of sp³-hybridized carbons (Fsp3) is 0.133. The lowest BCUT2D eigenvalue weighted by Crippen LogP contribution is -2.12. The number of para-hydroxylation sites is 1. The number of hydrogen-bond acceptors (Lipinski definition) is 2. The minimum Gasteiger partial charge on any atom is -0.377 e. The monoisotopic (exact) mass is 292 g/mol. The first kappa shape index (κ1) is 14.3. The van der Waals surface area contributed by atoms with Crippen LogP contribution in [0.25, 0.3) is 0 Å². The Morgan fingerprint density at radius 1 is 1.35 bits per heavy atom. The number of anilines is 1. The van der Waals surface area contributed by atoms with E-state index in [0.717, 1.165) is 11.1 Å². The first-order valence-corrected chi connectivity index (χ1v) is 6.44. The summed E-state index contributed by atoms with van der Waals surface area (Å²) in [6.07, 6.45) is 0. The number of hydrogen-bond donors (Lipinski definition) is 2. The van der Waals surface area contributed by atoms with Gasteiger partial charge in [-0.25, -0.2) is 4.39 Å². The molecule has 0 aliphatic carbocycles. The summed E-state index contributed by atoms with van der Waals surface area (Å²) < 4.78 is 13.6. The van der Waals surface area contributed by atoms with Gasteiger partial charge in [0.2, 0.25) is 5.91 Å². The quantitative estimate of drug-likeness (QED) is 0.906. The normalized spacial score (nSPS) is 10.3. The van der Waals surface area contributed by atoms with Gasteiger partial charge in [0.25, 0.3) is 0 Å². The van der Waals surface area contributed by atoms with Crippen LogP contribution in [0, 0.1) is 12.7 Å². The Bertz CT molecular complexity index is 638. The zero-order valence-electron chi connectivity index (χ0n) is 10.9. The zero-order chi connectivity index (χ0) is 14.7. The molecule has 0 aliphatic heterocycles. The average molecular weight is 293 g/mol. The molecule has 2 rings (SSSR count). The van der Waals surface area contributed by atoms with Crippen molar-refractivity contribution in [1.82, 2.24) is 0 Å². The molecule has 2 aromatic carbocycles. The van der Waals surface area contributed by atoms with E-state index in [9.17, 15) is 9.18 Å². The molecule has 0 heterocycles. The van der Waals surface area contributed by atoms with Gasteiger partial charge in [-0.15, -0.1) is 0 Å². The number of primary amides is 1. The summed E-state index contributed by atoms with van der Waals surface area (Å²) in [6, 6.07) is 9.66. The highest BCUT2D eigenvalue weighted by atomic mass is 35.5. The number of benzene rings is 2. The van der Waals surface area contributed by atoms with Crippen molar-refractivity contribution in [3.63, 3.8) is 0 Å². The van der Waals surface area contributed by atoms with Crippen molar-refractivity contribution < 1.29 is 9.18 Å². The number of nitrogens with two attached hydrogens (primary N) is 1. The minimum atomic E-state index is -0.468. The third-order valence-corrected chi connectivity index (χ3v) is 3.36. The van der Waals surface area contributed by atoms with Crippen molar-refractivity contribution in [2.75, 3.05) is 5.32 Å². The molecule has 0 spiro atoms. The van der Waals surface area contributed by atoms with E-state index in [-0.39, 0.29) is 5.69 Å². The Balaban J connectivity index is 2.17. The molecule has 1 amide bonds. The maximum absolute atomic E-state index is 13.6. The highest BCUT2D eigenvalue weighted by Crippen LogP contribution is 2.25. The van der Waals surface area contributed by atoms with Gasteiger partial charge in [0, 0.05) is 12.1 Å². The van der Waals surface area contributed by atoms with E-state index in [1.54, 1.807) is 30.3 Å². The number of carbonyl (C=O) groups is 1. The lowest BCUT2D eigenvalue weighted by atomic mass is 10.0. The Labute approximate surface area is 121 Å². The van der Waals surface area contributed by atoms with E-state index in [0.29, 0.717) is 17.1 Å². The first-order chi connectivity index (χ1) is 9.49. The van der Waals surface area contributed by atoms with Crippen LogP contribution in [0.3, 0.4) is 0 Å². The van der Waals surface area contributed by atoms with Crippen LogP contribution in [0.15, 0.2) is 36.4 Å². The molecular weight excluding hydrogens is 279 g/mol. The predicted molar refractivity (Wildman–Crippen MR) is 78.4 cm³/mol. The van der Waals surface area contributed by atoms with Gasteiger partial charge in [0.15, 0.2) is 0 Å². The number of nitrogens with one attached hydrogen (secondary N) is 1. The zero-order valence-corrected chi connectivity index (χ0v) is 11.7. The molecule has 20 heavy (non-hydrogen) atoms. The van der Waals surface area contributed by atoms with Gasteiger partial charge >= 0.3 is 0 Å². The summed E-state index contributed by atoms with van der Waals surface area (Å²) in [6.45, 7) is 2.28. The third kappa shape index (κ3) is 3.08. The Hall–Kier alpha value is -2.07. The Morgan fingerprint density at radius 3 is 2.70 bits per heavy atom. The van der Waals surface area contributed by atoms with Gasteiger partial charge in [0.1, 0.15) is 5.82 Å². The van der Waals surface area contributed by atoms with Crippen LogP contribution < -0.4 is 11.1 Å². The molecule has 0 bridgehead atoms. The number of halogens is 2. The van der Waals surface area contributed by atoms with Gasteiger partial charge in [-0.1, -0.05) is 23.7 Å². The van der Waals surface area contributed by atoms with Crippen molar-refractivity contribution in [2.45, 2.75) is 13.5 Å². The van der Waals surface area contributed by atoms with Crippen LogP contribution in [0.2, 0.25) is 5.02 Å². The molecule has 0 aromatic heterocycles. The molecular formula is C15H14ClFN2O. The van der Waals surface area contributed by atoms with Gasteiger partial charge in [-0.3, -0.25) is 4.79 Å². The average Bonchev–Trinajstić information content (AvgIpc) is 2.39. The van der Waals surface area contributed by atoms with E-state index in [1.165, 1.54) is 6.07 Å². The number of carbonyl (C=O) groups excluding carboxylic acids is 1. The fourth-order valence-corrected chi connectivity index (χ4v) is 2.13. The Kier molecular flexibility index (Phi) is 4.25. The molecule has 2 aromatic rings. The standard InChI is InChI=1S/C15H14ClFN2O/c1-9-7-10(15(18)20)5-6-11(9)8-19-14-12(16)3-2-4-13(14)17/h2-7,19H,8H2,1H3,(H2,18,20). The second-order valence-corrected chi connectivity index (χ2v) is 4.86. The second-order valence-electron chi connectivity index (χ2n) is 4.46. The second kappa shape index (κ2) is 5.92.